The molecule has 0 bridgehead atoms. The highest BCUT2D eigenvalue weighted by molar-refractivity contribution is 5.91. The van der Waals surface area contributed by atoms with Crippen LogP contribution in [0.4, 0.5) is 0 Å². The Morgan fingerprint density at radius 1 is 1.28 bits per heavy atom. The fourth-order valence-corrected chi connectivity index (χ4v) is 2.96. The van der Waals surface area contributed by atoms with Crippen LogP contribution >= 0.6 is 0 Å². The normalized spacial score (nSPS) is 11.1. The largest absolute Gasteiger partial charge is 0.459 e. The van der Waals surface area contributed by atoms with Crippen molar-refractivity contribution < 1.29 is 13.7 Å². The summed E-state index contributed by atoms with van der Waals surface area (Å²) >= 11 is 0. The van der Waals surface area contributed by atoms with Gasteiger partial charge in [0.2, 0.25) is 11.7 Å². The van der Waals surface area contributed by atoms with Crippen LogP contribution in [0, 0.1) is 0 Å². The minimum atomic E-state index is -0.683. The Morgan fingerprint density at radius 3 is 2.90 bits per heavy atom. The van der Waals surface area contributed by atoms with Crippen molar-refractivity contribution in [2.24, 2.45) is 0 Å². The van der Waals surface area contributed by atoms with E-state index >= 15 is 0 Å². The number of hydrogen-bond donors (Lipinski definition) is 2. The number of H-pyrrole nitrogens is 1. The third-order valence-electron chi connectivity index (χ3n) is 4.29. The first kappa shape index (κ1) is 18.4. The summed E-state index contributed by atoms with van der Waals surface area (Å²) in [6.45, 7) is 2.41. The first-order chi connectivity index (χ1) is 14.1. The van der Waals surface area contributed by atoms with E-state index in [1.807, 2.05) is 6.92 Å². The summed E-state index contributed by atoms with van der Waals surface area (Å²) in [4.78, 5) is 42.8. The van der Waals surface area contributed by atoms with Gasteiger partial charge in [-0.25, -0.2) is 0 Å². The van der Waals surface area contributed by atoms with E-state index in [9.17, 15) is 14.4 Å². The molecule has 3 aromatic heterocycles. The van der Waals surface area contributed by atoms with Crippen LogP contribution in [0.1, 0.15) is 29.8 Å². The minimum Gasteiger partial charge on any atom is -0.459 e. The molecule has 4 rings (SSSR count). The highest BCUT2D eigenvalue weighted by atomic mass is 16.5. The Bertz CT molecular complexity index is 1280. The van der Waals surface area contributed by atoms with Gasteiger partial charge in [-0.15, -0.1) is 0 Å². The smallest absolute Gasteiger partial charge is 0.316 e. The molecule has 0 atom stereocenters. The van der Waals surface area contributed by atoms with Gasteiger partial charge in [0.15, 0.2) is 5.76 Å². The number of carbonyl (C=O) groups excluding carboxylic acids is 1. The highest BCUT2D eigenvalue weighted by Crippen LogP contribution is 2.20. The van der Waals surface area contributed by atoms with E-state index in [1.54, 1.807) is 30.3 Å². The SMILES string of the molecule is CCCn1c(=O)c(=O)[nH]c2cc(-c3noc(CNC(=O)c4ccco4)n3)ccc21. The van der Waals surface area contributed by atoms with Gasteiger partial charge in [-0.2, -0.15) is 4.98 Å². The summed E-state index contributed by atoms with van der Waals surface area (Å²) in [5.41, 5.74) is 0.452. The van der Waals surface area contributed by atoms with Gasteiger partial charge in [0.1, 0.15) is 0 Å². The molecule has 0 radical (unpaired) electrons. The van der Waals surface area contributed by atoms with Gasteiger partial charge in [-0.05, 0) is 36.8 Å². The molecule has 10 nitrogen and oxygen atoms in total. The van der Waals surface area contributed by atoms with E-state index in [0.29, 0.717) is 29.0 Å². The van der Waals surface area contributed by atoms with Crippen LogP contribution in [0.2, 0.25) is 0 Å². The molecule has 4 aromatic rings. The summed E-state index contributed by atoms with van der Waals surface area (Å²) in [7, 11) is 0. The number of aromatic nitrogens is 4. The van der Waals surface area contributed by atoms with E-state index in [-0.39, 0.29) is 18.2 Å². The number of benzene rings is 1. The third-order valence-corrected chi connectivity index (χ3v) is 4.29. The molecule has 0 fully saturated rings. The summed E-state index contributed by atoms with van der Waals surface area (Å²) in [6.07, 6.45) is 2.13. The molecule has 0 unspecified atom stereocenters. The molecule has 148 valence electrons. The van der Waals surface area contributed by atoms with Gasteiger partial charge in [-0.1, -0.05) is 12.1 Å². The molecule has 2 N–H and O–H groups in total. The maximum Gasteiger partial charge on any atom is 0.316 e. The molecule has 0 aliphatic rings. The van der Waals surface area contributed by atoms with Crippen molar-refractivity contribution in [2.75, 3.05) is 0 Å². The minimum absolute atomic E-state index is 0.0347. The number of nitrogens with zero attached hydrogens (tertiary/aromatic N) is 3. The van der Waals surface area contributed by atoms with E-state index in [1.165, 1.54) is 10.8 Å². The zero-order chi connectivity index (χ0) is 20.4. The number of fused-ring (bicyclic) bond motifs is 1. The summed E-state index contributed by atoms with van der Waals surface area (Å²) in [5, 5.41) is 6.53. The number of carbonyl (C=O) groups is 1. The van der Waals surface area contributed by atoms with Gasteiger partial charge in [-0.3, -0.25) is 14.4 Å². The molecule has 3 heterocycles. The van der Waals surface area contributed by atoms with E-state index in [2.05, 4.69) is 20.4 Å². The van der Waals surface area contributed by atoms with Crippen LogP contribution in [0.25, 0.3) is 22.4 Å². The average Bonchev–Trinajstić information content (AvgIpc) is 3.41. The quantitative estimate of drug-likeness (QED) is 0.474. The topological polar surface area (TPSA) is 136 Å². The molecular formula is C19H17N5O5. The first-order valence-corrected chi connectivity index (χ1v) is 8.98. The lowest BCUT2D eigenvalue weighted by Gasteiger charge is -2.08. The van der Waals surface area contributed by atoms with Gasteiger partial charge >= 0.3 is 11.1 Å². The zero-order valence-corrected chi connectivity index (χ0v) is 15.5. The average molecular weight is 395 g/mol. The van der Waals surface area contributed by atoms with Crippen LogP contribution in [0.3, 0.4) is 0 Å². The van der Waals surface area contributed by atoms with Crippen LogP contribution < -0.4 is 16.4 Å². The Morgan fingerprint density at radius 2 is 2.14 bits per heavy atom. The number of aryl methyl sites for hydroxylation is 1. The Kier molecular flexibility index (Phi) is 4.82. The van der Waals surface area contributed by atoms with Crippen LogP contribution in [-0.2, 0) is 13.1 Å². The molecule has 1 aromatic carbocycles. The maximum atomic E-state index is 12.1. The lowest BCUT2D eigenvalue weighted by atomic mass is 10.2. The van der Waals surface area contributed by atoms with Crippen LogP contribution in [0.5, 0.6) is 0 Å². The van der Waals surface area contributed by atoms with Gasteiger partial charge in [0.25, 0.3) is 5.91 Å². The van der Waals surface area contributed by atoms with E-state index in [0.717, 1.165) is 6.42 Å². The highest BCUT2D eigenvalue weighted by Gasteiger charge is 2.14. The van der Waals surface area contributed by atoms with Gasteiger partial charge in [0, 0.05) is 12.1 Å². The van der Waals surface area contributed by atoms with Crippen molar-refractivity contribution in [3.05, 3.63) is 69.0 Å². The molecule has 0 aliphatic carbocycles. The van der Waals surface area contributed by atoms with Crippen molar-refractivity contribution in [3.8, 4) is 11.4 Å². The van der Waals surface area contributed by atoms with Crippen molar-refractivity contribution in [2.45, 2.75) is 26.4 Å². The fraction of sp³-hybridized carbons (Fsp3) is 0.211. The van der Waals surface area contributed by atoms with Crippen molar-refractivity contribution in [3.63, 3.8) is 0 Å². The van der Waals surface area contributed by atoms with Gasteiger partial charge in [0.05, 0.1) is 23.8 Å². The molecule has 0 spiro atoms. The van der Waals surface area contributed by atoms with Crippen LogP contribution in [0.15, 0.2) is 55.1 Å². The molecule has 0 aliphatic heterocycles. The molecule has 29 heavy (non-hydrogen) atoms. The standard InChI is InChI=1S/C19H17N5O5/c1-2-7-24-13-6-5-11(9-12(13)21-18(26)19(24)27)16-22-15(29-23-16)10-20-17(25)14-4-3-8-28-14/h3-6,8-9H,2,7,10H2,1H3,(H,20,25)(H,21,26). The number of furan rings is 1. The lowest BCUT2D eigenvalue weighted by molar-refractivity contribution is 0.0918. The summed E-state index contributed by atoms with van der Waals surface area (Å²) in [5.74, 6) is 0.293. The number of rotatable bonds is 6. The lowest BCUT2D eigenvalue weighted by Crippen LogP contribution is -2.36. The van der Waals surface area contributed by atoms with E-state index in [4.69, 9.17) is 8.94 Å². The predicted molar refractivity (Wildman–Crippen MR) is 102 cm³/mol. The predicted octanol–water partition coefficient (Wildman–Crippen LogP) is 1.67. The molecule has 1 amide bonds. The fourth-order valence-electron chi connectivity index (χ4n) is 2.96. The second-order valence-electron chi connectivity index (χ2n) is 6.31. The van der Waals surface area contributed by atoms with Crippen molar-refractivity contribution in [1.29, 1.82) is 0 Å². The maximum absolute atomic E-state index is 12.1. The second kappa shape index (κ2) is 7.58. The summed E-state index contributed by atoms with van der Waals surface area (Å²) in [6, 6.07) is 8.30. The Labute approximate surface area is 163 Å². The van der Waals surface area contributed by atoms with Gasteiger partial charge < -0.3 is 23.8 Å². The first-order valence-electron chi connectivity index (χ1n) is 8.98. The van der Waals surface area contributed by atoms with Crippen LogP contribution in [-0.4, -0.2) is 25.6 Å². The van der Waals surface area contributed by atoms with Crippen molar-refractivity contribution in [1.82, 2.24) is 25.0 Å². The van der Waals surface area contributed by atoms with Crippen molar-refractivity contribution >= 4 is 16.9 Å². The van der Waals surface area contributed by atoms with E-state index < -0.39 is 17.0 Å². The summed E-state index contributed by atoms with van der Waals surface area (Å²) < 4.78 is 11.6. The molecular weight excluding hydrogens is 378 g/mol. The second-order valence-corrected chi connectivity index (χ2v) is 6.31. The number of hydrogen-bond acceptors (Lipinski definition) is 7. The number of amides is 1. The Balaban J connectivity index is 1.59. The monoisotopic (exact) mass is 395 g/mol. The number of aromatic amines is 1. The number of nitrogens with one attached hydrogen (secondary N) is 2. The zero-order valence-electron chi connectivity index (χ0n) is 15.5. The third kappa shape index (κ3) is 3.59. The molecule has 0 saturated carbocycles. The molecule has 10 heteroatoms. The Hall–Kier alpha value is -3.95. The molecule has 0 saturated heterocycles.